The smallest absolute Gasteiger partial charge is 0.248 e. The second kappa shape index (κ2) is 12.7. The van der Waals surface area contributed by atoms with E-state index in [-0.39, 0.29) is 11.1 Å². The third-order valence-corrected chi connectivity index (χ3v) is 5.63. The fraction of sp³-hybridized carbons (Fsp3) is 0.0800. The van der Waals surface area contributed by atoms with Crippen LogP contribution in [-0.4, -0.2) is 20.1 Å². The molecule has 0 atom stereocenters. The maximum Gasteiger partial charge on any atom is 0.248 e. The van der Waals surface area contributed by atoms with Gasteiger partial charge >= 0.3 is 0 Å². The van der Waals surface area contributed by atoms with Gasteiger partial charge in [-0.15, -0.1) is 0 Å². The van der Waals surface area contributed by atoms with Gasteiger partial charge in [0.05, 0.1) is 11.6 Å². The Morgan fingerprint density at radius 1 is 0.730 bits per heavy atom. The number of rotatable bonds is 9. The highest BCUT2D eigenvalue weighted by Gasteiger charge is 2.08. The lowest BCUT2D eigenvalue weighted by Gasteiger charge is -2.14. The molecule has 37 heavy (non-hydrogen) atoms. The van der Waals surface area contributed by atoms with Crippen LogP contribution in [0.3, 0.4) is 0 Å². The van der Waals surface area contributed by atoms with Crippen molar-refractivity contribution in [3.05, 3.63) is 99.5 Å². The quantitative estimate of drug-likeness (QED) is 0.133. The molecule has 0 radical (unpaired) electrons. The number of nitrogens with zero attached hydrogens (tertiary/aromatic N) is 4. The van der Waals surface area contributed by atoms with E-state index in [4.69, 9.17) is 40.7 Å². The van der Waals surface area contributed by atoms with Crippen LogP contribution in [0.4, 0.5) is 23.5 Å². The molecule has 0 unspecified atom stereocenters. The lowest BCUT2D eigenvalue weighted by atomic mass is 10.2. The summed E-state index contributed by atoms with van der Waals surface area (Å²) in [6.07, 6.45) is 0. The molecule has 3 aromatic carbocycles. The van der Waals surface area contributed by atoms with Gasteiger partial charge in [0.1, 0.15) is 0 Å². The monoisotopic (exact) mass is 549 g/mol. The highest BCUT2D eigenvalue weighted by atomic mass is 35.5. The number of thiocarbonyl (C=S) groups is 1. The van der Waals surface area contributed by atoms with Crippen LogP contribution in [0, 0.1) is 11.3 Å². The Morgan fingerprint density at radius 3 is 1.70 bits per heavy atom. The van der Waals surface area contributed by atoms with Crippen LogP contribution in [0.5, 0.6) is 0 Å². The fourth-order valence-corrected chi connectivity index (χ4v) is 3.48. The Labute approximate surface area is 229 Å². The van der Waals surface area contributed by atoms with Crippen LogP contribution in [0.15, 0.2) is 72.8 Å². The average molecular weight is 550 g/mol. The molecule has 0 aliphatic heterocycles. The van der Waals surface area contributed by atoms with Crippen molar-refractivity contribution in [1.82, 2.24) is 20.4 Å². The van der Waals surface area contributed by atoms with E-state index >= 15 is 0 Å². The number of hydrogen-bond acceptors (Lipinski definition) is 8. The van der Waals surface area contributed by atoms with Gasteiger partial charge in [-0.05, 0) is 71.9 Å². The summed E-state index contributed by atoms with van der Waals surface area (Å²) in [5, 5.41) is 20.0. The summed E-state index contributed by atoms with van der Waals surface area (Å²) in [5.74, 6) is 0.967. The van der Waals surface area contributed by atoms with Gasteiger partial charge in [-0.2, -0.15) is 20.2 Å². The second-order valence-electron chi connectivity index (χ2n) is 7.66. The predicted octanol–water partition coefficient (Wildman–Crippen LogP) is 5.59. The summed E-state index contributed by atoms with van der Waals surface area (Å²) in [6, 6.07) is 24.0. The van der Waals surface area contributed by atoms with Crippen molar-refractivity contribution in [3.63, 3.8) is 0 Å². The molecule has 4 aromatic rings. The maximum absolute atomic E-state index is 8.93. The van der Waals surface area contributed by atoms with Crippen LogP contribution < -0.4 is 26.8 Å². The Balaban J connectivity index is 1.43. The minimum atomic E-state index is 0.246. The zero-order valence-corrected chi connectivity index (χ0v) is 21.6. The number of hydrogen-bond donors (Lipinski definition) is 5. The molecule has 0 saturated heterocycles. The van der Waals surface area contributed by atoms with Crippen molar-refractivity contribution in [2.75, 3.05) is 21.4 Å². The molecule has 186 valence electrons. The summed E-state index contributed by atoms with van der Waals surface area (Å²) in [7, 11) is 0. The van der Waals surface area contributed by atoms with E-state index in [0.717, 1.165) is 16.8 Å². The van der Waals surface area contributed by atoms with E-state index in [2.05, 4.69) is 47.8 Å². The third kappa shape index (κ3) is 8.18. The Morgan fingerprint density at radius 2 is 1.22 bits per heavy atom. The number of anilines is 4. The molecule has 0 spiro atoms. The molecule has 9 nitrogen and oxygen atoms in total. The number of nitriles is 1. The van der Waals surface area contributed by atoms with Gasteiger partial charge in [-0.1, -0.05) is 47.5 Å². The number of benzene rings is 3. The lowest BCUT2D eigenvalue weighted by Crippen LogP contribution is -2.34. The normalized spacial score (nSPS) is 10.2. The molecule has 0 amide bonds. The maximum atomic E-state index is 8.93. The average Bonchev–Trinajstić information content (AvgIpc) is 2.92. The SMILES string of the molecule is N#Cc1ccc(NC(=S)NNc2nc(NCc3ccc(Cl)cc3)nc(NCc3ccc(Cl)cc3)n2)cc1. The predicted molar refractivity (Wildman–Crippen MR) is 152 cm³/mol. The molecule has 12 heteroatoms. The van der Waals surface area contributed by atoms with Crippen LogP contribution in [0.2, 0.25) is 10.0 Å². The summed E-state index contributed by atoms with van der Waals surface area (Å²) in [4.78, 5) is 13.3. The van der Waals surface area contributed by atoms with Crippen LogP contribution in [-0.2, 0) is 13.1 Å². The van der Waals surface area contributed by atoms with Crippen molar-refractivity contribution in [1.29, 1.82) is 5.26 Å². The number of nitrogens with one attached hydrogen (secondary N) is 5. The minimum absolute atomic E-state index is 0.246. The highest BCUT2D eigenvalue weighted by molar-refractivity contribution is 7.80. The molecule has 0 saturated carbocycles. The second-order valence-corrected chi connectivity index (χ2v) is 8.94. The number of halogens is 2. The van der Waals surface area contributed by atoms with Crippen molar-refractivity contribution in [3.8, 4) is 6.07 Å². The summed E-state index contributed by atoms with van der Waals surface area (Å²) < 4.78 is 0. The largest absolute Gasteiger partial charge is 0.350 e. The van der Waals surface area contributed by atoms with Crippen LogP contribution >= 0.6 is 35.4 Å². The van der Waals surface area contributed by atoms with E-state index in [1.54, 1.807) is 24.3 Å². The molecule has 1 heterocycles. The third-order valence-electron chi connectivity index (χ3n) is 4.92. The van der Waals surface area contributed by atoms with Crippen molar-refractivity contribution < 1.29 is 0 Å². The first-order valence-corrected chi connectivity index (χ1v) is 12.2. The first-order valence-electron chi connectivity index (χ1n) is 11.0. The number of aromatic nitrogens is 3. The summed E-state index contributed by atoms with van der Waals surface area (Å²) >= 11 is 17.3. The van der Waals surface area contributed by atoms with Gasteiger partial charge < -0.3 is 16.0 Å². The molecule has 0 bridgehead atoms. The van der Waals surface area contributed by atoms with Crippen molar-refractivity contribution in [2.24, 2.45) is 0 Å². The molecule has 1 aromatic heterocycles. The molecular formula is C25H21Cl2N9S. The van der Waals surface area contributed by atoms with Gasteiger partial charge in [0.25, 0.3) is 0 Å². The molecule has 0 fully saturated rings. The van der Waals surface area contributed by atoms with Gasteiger partial charge in [0, 0.05) is 28.8 Å². The standard InChI is InChI=1S/C25H21Cl2N9S/c26-19-7-1-17(2-8-19)14-29-22-32-23(30-15-18-3-9-20(27)10-4-18)34-24(33-22)35-36-25(37)31-21-11-5-16(13-28)6-12-21/h1-12H,14-15H2,(H2,31,36,37)(H3,29,30,32,33,34,35). The van der Waals surface area contributed by atoms with Crippen molar-refractivity contribution >= 4 is 64.1 Å². The minimum Gasteiger partial charge on any atom is -0.350 e. The van der Waals surface area contributed by atoms with E-state index in [1.165, 1.54) is 0 Å². The van der Waals surface area contributed by atoms with E-state index in [9.17, 15) is 0 Å². The first-order chi connectivity index (χ1) is 18.0. The lowest BCUT2D eigenvalue weighted by molar-refractivity contribution is 0.954. The van der Waals surface area contributed by atoms with Gasteiger partial charge in [0.2, 0.25) is 17.8 Å². The Bertz CT molecular complexity index is 1320. The Hall–Kier alpha value is -4.17. The number of hydrazine groups is 1. The van der Waals surface area contributed by atoms with E-state index in [0.29, 0.717) is 40.6 Å². The van der Waals surface area contributed by atoms with Gasteiger partial charge in [-0.3, -0.25) is 10.9 Å². The molecule has 4 rings (SSSR count). The Kier molecular flexibility index (Phi) is 8.89. The molecular weight excluding hydrogens is 529 g/mol. The highest BCUT2D eigenvalue weighted by Crippen LogP contribution is 2.15. The topological polar surface area (TPSA) is 123 Å². The van der Waals surface area contributed by atoms with Gasteiger partial charge in [0.15, 0.2) is 5.11 Å². The fourth-order valence-electron chi connectivity index (χ4n) is 3.06. The van der Waals surface area contributed by atoms with E-state index in [1.807, 2.05) is 48.5 Å². The molecule has 0 aliphatic rings. The van der Waals surface area contributed by atoms with E-state index < -0.39 is 0 Å². The zero-order chi connectivity index (χ0) is 26.0. The first kappa shape index (κ1) is 25.9. The van der Waals surface area contributed by atoms with Gasteiger partial charge in [-0.25, -0.2) is 0 Å². The summed E-state index contributed by atoms with van der Waals surface area (Å²) in [5.41, 5.74) is 9.07. The van der Waals surface area contributed by atoms with Crippen LogP contribution in [0.1, 0.15) is 16.7 Å². The summed E-state index contributed by atoms with van der Waals surface area (Å²) in [6.45, 7) is 0.979. The molecule has 5 N–H and O–H groups in total. The molecule has 0 aliphatic carbocycles. The van der Waals surface area contributed by atoms with Crippen LogP contribution in [0.25, 0.3) is 0 Å². The van der Waals surface area contributed by atoms with Crippen molar-refractivity contribution in [2.45, 2.75) is 13.1 Å². The zero-order valence-electron chi connectivity index (χ0n) is 19.3.